The molecule has 0 N–H and O–H groups in total. The zero-order valence-corrected chi connectivity index (χ0v) is 11.8. The lowest BCUT2D eigenvalue weighted by Crippen LogP contribution is -2.25. The highest BCUT2D eigenvalue weighted by molar-refractivity contribution is 9.10. The van der Waals surface area contributed by atoms with Crippen LogP contribution in [0.5, 0.6) is 0 Å². The number of hydrogen-bond donors (Lipinski definition) is 0. The summed E-state index contributed by atoms with van der Waals surface area (Å²) in [5.41, 5.74) is 0.599. The molecule has 0 aliphatic carbocycles. The molecule has 0 unspecified atom stereocenters. The molecule has 0 aliphatic heterocycles. The number of halogens is 1. The van der Waals surface area contributed by atoms with Crippen LogP contribution in [0.2, 0.25) is 0 Å². The molecule has 1 aromatic carbocycles. The van der Waals surface area contributed by atoms with Gasteiger partial charge in [-0.15, -0.1) is 0 Å². The Balaban J connectivity index is 2.87. The zero-order valence-electron chi connectivity index (χ0n) is 10.2. The predicted octanol–water partition coefficient (Wildman–Crippen LogP) is 2.48. The fourth-order valence-corrected chi connectivity index (χ4v) is 2.27. The lowest BCUT2D eigenvalue weighted by atomic mass is 10.0. The van der Waals surface area contributed by atoms with Crippen LogP contribution in [-0.2, 0) is 11.3 Å². The van der Waals surface area contributed by atoms with Gasteiger partial charge in [-0.25, -0.2) is 4.68 Å². The first-order valence-corrected chi connectivity index (χ1v) is 6.47. The summed E-state index contributed by atoms with van der Waals surface area (Å²) in [6.07, 6.45) is 0.684. The number of hydrogen-bond acceptors (Lipinski definition) is 3. The van der Waals surface area contributed by atoms with Gasteiger partial charge in [-0.3, -0.25) is 4.79 Å². The lowest BCUT2D eigenvalue weighted by molar-refractivity contribution is -0.108. The van der Waals surface area contributed by atoms with Crippen molar-refractivity contribution in [3.8, 4) is 0 Å². The van der Waals surface area contributed by atoms with Crippen LogP contribution in [0.4, 0.5) is 0 Å². The van der Waals surface area contributed by atoms with Gasteiger partial charge in [-0.1, -0.05) is 29.8 Å². The second-order valence-corrected chi connectivity index (χ2v) is 5.30. The second-order valence-electron chi connectivity index (χ2n) is 4.38. The lowest BCUT2D eigenvalue weighted by Gasteiger charge is -2.11. The van der Waals surface area contributed by atoms with Crippen LogP contribution in [0.3, 0.4) is 0 Å². The molecule has 5 heteroatoms. The number of aldehydes is 1. The number of aromatic nitrogens is 2. The Morgan fingerprint density at radius 3 is 2.72 bits per heavy atom. The van der Waals surface area contributed by atoms with Crippen molar-refractivity contribution < 1.29 is 4.79 Å². The van der Waals surface area contributed by atoms with E-state index in [1.165, 1.54) is 4.68 Å². The number of nitrogens with zero attached hydrogens (tertiary/aromatic N) is 2. The van der Waals surface area contributed by atoms with Crippen LogP contribution in [0.15, 0.2) is 27.5 Å². The quantitative estimate of drug-likeness (QED) is 0.819. The standard InChI is InChI=1S/C13H13BrN2O2/c1-8(2)12-11-7-9(14)3-4-10(11)13(18)16(15-12)5-6-17/h3-4,6-8H,5H2,1-2H3. The second kappa shape index (κ2) is 5.02. The summed E-state index contributed by atoms with van der Waals surface area (Å²) in [6, 6.07) is 5.47. The molecule has 2 aromatic rings. The van der Waals surface area contributed by atoms with E-state index in [-0.39, 0.29) is 18.0 Å². The van der Waals surface area contributed by atoms with E-state index < -0.39 is 0 Å². The molecule has 2 rings (SSSR count). The van der Waals surface area contributed by atoms with E-state index in [1.54, 1.807) is 6.07 Å². The molecule has 0 bridgehead atoms. The van der Waals surface area contributed by atoms with Crippen LogP contribution < -0.4 is 5.56 Å². The SMILES string of the molecule is CC(C)c1nn(CC=O)c(=O)c2ccc(Br)cc12. The van der Waals surface area contributed by atoms with Crippen LogP contribution >= 0.6 is 15.9 Å². The molecule has 0 saturated heterocycles. The van der Waals surface area contributed by atoms with Gasteiger partial charge < -0.3 is 4.79 Å². The molecule has 1 aromatic heterocycles. The molecule has 18 heavy (non-hydrogen) atoms. The van der Waals surface area contributed by atoms with E-state index >= 15 is 0 Å². The Morgan fingerprint density at radius 1 is 1.39 bits per heavy atom. The van der Waals surface area contributed by atoms with Gasteiger partial charge in [-0.05, 0) is 24.1 Å². The molecule has 4 nitrogen and oxygen atoms in total. The number of carbonyl (C=O) groups excluding carboxylic acids is 1. The molecular formula is C13H13BrN2O2. The van der Waals surface area contributed by atoms with Gasteiger partial charge in [0, 0.05) is 9.86 Å². The maximum Gasteiger partial charge on any atom is 0.275 e. The summed E-state index contributed by atoms with van der Waals surface area (Å²) in [7, 11) is 0. The van der Waals surface area contributed by atoms with E-state index in [0.29, 0.717) is 11.7 Å². The minimum atomic E-state index is -0.228. The highest BCUT2D eigenvalue weighted by atomic mass is 79.9. The van der Waals surface area contributed by atoms with Gasteiger partial charge in [0.15, 0.2) is 0 Å². The Hall–Kier alpha value is -1.49. The van der Waals surface area contributed by atoms with Crippen molar-refractivity contribution in [3.05, 3.63) is 38.7 Å². The van der Waals surface area contributed by atoms with Crippen molar-refractivity contribution in [1.29, 1.82) is 0 Å². The predicted molar refractivity (Wildman–Crippen MR) is 73.9 cm³/mol. The molecule has 0 spiro atoms. The maximum absolute atomic E-state index is 12.1. The molecule has 0 saturated carbocycles. The molecule has 0 amide bonds. The van der Waals surface area contributed by atoms with E-state index in [9.17, 15) is 9.59 Å². The van der Waals surface area contributed by atoms with Crippen molar-refractivity contribution in [3.63, 3.8) is 0 Å². The zero-order chi connectivity index (χ0) is 13.3. The first-order valence-electron chi connectivity index (χ1n) is 5.68. The summed E-state index contributed by atoms with van der Waals surface area (Å²) in [5.74, 6) is 0.181. The third-order valence-corrected chi connectivity index (χ3v) is 3.24. The molecule has 0 radical (unpaired) electrons. The third kappa shape index (κ3) is 2.22. The Kier molecular flexibility index (Phi) is 3.61. The summed E-state index contributed by atoms with van der Waals surface area (Å²) in [5, 5.41) is 5.72. The molecule has 94 valence electrons. The summed E-state index contributed by atoms with van der Waals surface area (Å²) < 4.78 is 2.13. The smallest absolute Gasteiger partial charge is 0.275 e. The highest BCUT2D eigenvalue weighted by Gasteiger charge is 2.13. The van der Waals surface area contributed by atoms with E-state index in [4.69, 9.17) is 0 Å². The molecule has 0 fully saturated rings. The number of benzene rings is 1. The molecular weight excluding hydrogens is 296 g/mol. The van der Waals surface area contributed by atoms with Gasteiger partial charge in [0.1, 0.15) is 12.8 Å². The van der Waals surface area contributed by atoms with Crippen LogP contribution in [0, 0.1) is 0 Å². The van der Waals surface area contributed by atoms with Gasteiger partial charge in [0.05, 0.1) is 11.1 Å². The average Bonchev–Trinajstić information content (AvgIpc) is 2.32. The maximum atomic E-state index is 12.1. The van der Waals surface area contributed by atoms with Gasteiger partial charge in [0.2, 0.25) is 0 Å². The van der Waals surface area contributed by atoms with Crippen molar-refractivity contribution in [1.82, 2.24) is 9.78 Å². The first-order chi connectivity index (χ1) is 8.54. The highest BCUT2D eigenvalue weighted by Crippen LogP contribution is 2.24. The van der Waals surface area contributed by atoms with E-state index in [2.05, 4.69) is 21.0 Å². The van der Waals surface area contributed by atoms with Gasteiger partial charge in [0.25, 0.3) is 5.56 Å². The summed E-state index contributed by atoms with van der Waals surface area (Å²) >= 11 is 3.40. The fraction of sp³-hybridized carbons (Fsp3) is 0.308. The Morgan fingerprint density at radius 2 is 2.11 bits per heavy atom. The monoisotopic (exact) mass is 308 g/mol. The van der Waals surface area contributed by atoms with Crippen molar-refractivity contribution >= 4 is 33.0 Å². The normalized spacial score (nSPS) is 11.1. The molecule has 0 aliphatic rings. The molecule has 0 atom stereocenters. The van der Waals surface area contributed by atoms with E-state index in [1.807, 2.05) is 26.0 Å². The van der Waals surface area contributed by atoms with Gasteiger partial charge >= 0.3 is 0 Å². The van der Waals surface area contributed by atoms with Gasteiger partial charge in [-0.2, -0.15) is 5.10 Å². The number of rotatable bonds is 3. The first kappa shape index (κ1) is 13.0. The van der Waals surface area contributed by atoms with Crippen LogP contribution in [0.1, 0.15) is 25.5 Å². The largest absolute Gasteiger partial charge is 0.301 e. The summed E-state index contributed by atoms with van der Waals surface area (Å²) in [6.45, 7) is 4.02. The minimum Gasteiger partial charge on any atom is -0.301 e. The number of fused-ring (bicyclic) bond motifs is 1. The topological polar surface area (TPSA) is 52.0 Å². The van der Waals surface area contributed by atoms with Crippen LogP contribution in [0.25, 0.3) is 10.8 Å². The number of carbonyl (C=O) groups is 1. The average molecular weight is 309 g/mol. The van der Waals surface area contributed by atoms with Crippen LogP contribution in [-0.4, -0.2) is 16.1 Å². The van der Waals surface area contributed by atoms with Crippen molar-refractivity contribution in [2.75, 3.05) is 0 Å². The molecule has 1 heterocycles. The summed E-state index contributed by atoms with van der Waals surface area (Å²) in [4.78, 5) is 22.7. The van der Waals surface area contributed by atoms with Crippen molar-refractivity contribution in [2.24, 2.45) is 0 Å². The Labute approximate surface area is 113 Å². The van der Waals surface area contributed by atoms with E-state index in [0.717, 1.165) is 15.6 Å². The van der Waals surface area contributed by atoms with Crippen molar-refractivity contribution in [2.45, 2.75) is 26.3 Å². The fourth-order valence-electron chi connectivity index (χ4n) is 1.90. The Bertz CT molecular complexity index is 662. The minimum absolute atomic E-state index is 0.00937. The third-order valence-electron chi connectivity index (χ3n) is 2.75.